The Kier molecular flexibility index (Phi) is 7.46. The van der Waals surface area contributed by atoms with Crippen LogP contribution in [-0.2, 0) is 14.4 Å². The highest BCUT2D eigenvalue weighted by molar-refractivity contribution is 8.04. The summed E-state index contributed by atoms with van der Waals surface area (Å²) in [5.41, 5.74) is 1.58. The second kappa shape index (κ2) is 11.1. The van der Waals surface area contributed by atoms with E-state index in [9.17, 15) is 18.8 Å². The quantitative estimate of drug-likeness (QED) is 0.349. The molecule has 3 amide bonds. The molecule has 7 nitrogen and oxygen atoms in total. The molecule has 2 aliphatic rings. The molecule has 2 N–H and O–H groups in total. The summed E-state index contributed by atoms with van der Waals surface area (Å²) in [5.74, 6) is -0.818. The number of methoxy groups -OCH3 is 1. The Labute approximate surface area is 224 Å². The summed E-state index contributed by atoms with van der Waals surface area (Å²) in [7, 11) is 1.53. The predicted molar refractivity (Wildman–Crippen MR) is 145 cm³/mol. The van der Waals surface area contributed by atoms with Crippen LogP contribution in [0.25, 0.3) is 0 Å². The number of halogens is 1. The van der Waals surface area contributed by atoms with Gasteiger partial charge in [-0.1, -0.05) is 30.7 Å². The summed E-state index contributed by atoms with van der Waals surface area (Å²) in [4.78, 5) is 41.7. The molecule has 0 unspecified atom stereocenters. The minimum Gasteiger partial charge on any atom is -0.497 e. The number of imide groups is 1. The monoisotopic (exact) mass is 531 g/mol. The molecule has 0 spiro atoms. The first-order valence-electron chi connectivity index (χ1n) is 12.3. The summed E-state index contributed by atoms with van der Waals surface area (Å²) in [6, 6.07) is 19.3. The van der Waals surface area contributed by atoms with Crippen LogP contribution in [0.4, 0.5) is 21.5 Å². The fourth-order valence-electron chi connectivity index (χ4n) is 4.55. The van der Waals surface area contributed by atoms with Gasteiger partial charge in [-0.3, -0.25) is 14.4 Å². The van der Waals surface area contributed by atoms with Gasteiger partial charge in [-0.05, 0) is 79.6 Å². The number of thioether (sulfide) groups is 1. The molecule has 0 saturated heterocycles. The molecule has 9 heteroatoms. The second-order valence-corrected chi connectivity index (χ2v) is 10.2. The highest BCUT2D eigenvalue weighted by atomic mass is 32.2. The topological polar surface area (TPSA) is 87.7 Å². The first kappa shape index (κ1) is 25.5. The third-order valence-electron chi connectivity index (χ3n) is 6.53. The van der Waals surface area contributed by atoms with Gasteiger partial charge in [0, 0.05) is 22.2 Å². The van der Waals surface area contributed by atoms with E-state index in [1.165, 1.54) is 31.4 Å². The SMILES string of the molecule is COc1ccc(N2C(=O)C(Nc3ccc(F)cc3)=C(Sc3cccc(NC(=O)C4CCCC4)c3)C2=O)cc1. The zero-order valence-electron chi connectivity index (χ0n) is 20.7. The van der Waals surface area contributed by atoms with Gasteiger partial charge in [-0.25, -0.2) is 9.29 Å². The first-order chi connectivity index (χ1) is 18.4. The molecule has 1 heterocycles. The number of benzene rings is 3. The molecule has 1 aliphatic heterocycles. The second-order valence-electron chi connectivity index (χ2n) is 9.08. The van der Waals surface area contributed by atoms with Crippen molar-refractivity contribution in [2.24, 2.45) is 5.92 Å². The number of nitrogens with zero attached hydrogens (tertiary/aromatic N) is 1. The number of amides is 3. The van der Waals surface area contributed by atoms with E-state index in [0.29, 0.717) is 27.7 Å². The molecule has 194 valence electrons. The van der Waals surface area contributed by atoms with Crippen LogP contribution in [-0.4, -0.2) is 24.8 Å². The minimum absolute atomic E-state index is 0.000308. The van der Waals surface area contributed by atoms with E-state index >= 15 is 0 Å². The lowest BCUT2D eigenvalue weighted by Gasteiger charge is -2.15. The first-order valence-corrected chi connectivity index (χ1v) is 13.1. The average molecular weight is 532 g/mol. The van der Waals surface area contributed by atoms with Crippen LogP contribution >= 0.6 is 11.8 Å². The van der Waals surface area contributed by atoms with Crippen LogP contribution < -0.4 is 20.3 Å². The fraction of sp³-hybridized carbons (Fsp3) is 0.207. The number of carbonyl (C=O) groups is 3. The average Bonchev–Trinajstić information content (AvgIpc) is 3.54. The maximum atomic E-state index is 13.6. The van der Waals surface area contributed by atoms with Crippen molar-refractivity contribution in [1.29, 1.82) is 0 Å². The van der Waals surface area contributed by atoms with Gasteiger partial charge < -0.3 is 15.4 Å². The molecule has 3 aromatic carbocycles. The summed E-state index contributed by atoms with van der Waals surface area (Å²) >= 11 is 1.13. The van der Waals surface area contributed by atoms with Gasteiger partial charge in [0.1, 0.15) is 22.2 Å². The number of ether oxygens (including phenoxy) is 1. The molecule has 1 saturated carbocycles. The molecule has 1 fully saturated rings. The lowest BCUT2D eigenvalue weighted by Crippen LogP contribution is -2.32. The normalized spacial score (nSPS) is 15.8. The molecule has 0 aromatic heterocycles. The van der Waals surface area contributed by atoms with E-state index < -0.39 is 17.6 Å². The van der Waals surface area contributed by atoms with Crippen LogP contribution in [0, 0.1) is 11.7 Å². The Hall–Kier alpha value is -4.11. The van der Waals surface area contributed by atoms with Crippen LogP contribution in [0.2, 0.25) is 0 Å². The van der Waals surface area contributed by atoms with Crippen molar-refractivity contribution < 1.29 is 23.5 Å². The van der Waals surface area contributed by atoms with Gasteiger partial charge in [0.05, 0.1) is 12.8 Å². The van der Waals surface area contributed by atoms with E-state index in [0.717, 1.165) is 42.3 Å². The highest BCUT2D eigenvalue weighted by Gasteiger charge is 2.40. The predicted octanol–water partition coefficient (Wildman–Crippen LogP) is 5.95. The van der Waals surface area contributed by atoms with E-state index in [1.54, 1.807) is 42.5 Å². The lowest BCUT2D eigenvalue weighted by atomic mass is 10.1. The molecule has 0 bridgehead atoms. The number of carbonyl (C=O) groups excluding carboxylic acids is 3. The van der Waals surface area contributed by atoms with Crippen LogP contribution in [0.5, 0.6) is 5.75 Å². The van der Waals surface area contributed by atoms with E-state index in [-0.39, 0.29) is 22.4 Å². The summed E-state index contributed by atoms with van der Waals surface area (Å²) in [5, 5.41) is 5.99. The number of hydrogen-bond donors (Lipinski definition) is 2. The summed E-state index contributed by atoms with van der Waals surface area (Å²) in [6.45, 7) is 0. The third-order valence-corrected chi connectivity index (χ3v) is 7.61. The van der Waals surface area contributed by atoms with Gasteiger partial charge in [-0.15, -0.1) is 0 Å². The van der Waals surface area contributed by atoms with Crippen LogP contribution in [0.3, 0.4) is 0 Å². The Balaban J connectivity index is 1.44. The van der Waals surface area contributed by atoms with Gasteiger partial charge in [-0.2, -0.15) is 0 Å². The summed E-state index contributed by atoms with van der Waals surface area (Å²) < 4.78 is 18.7. The van der Waals surface area contributed by atoms with Gasteiger partial charge in [0.25, 0.3) is 11.8 Å². The van der Waals surface area contributed by atoms with Crippen LogP contribution in [0.1, 0.15) is 25.7 Å². The van der Waals surface area contributed by atoms with Crippen molar-refractivity contribution in [3.8, 4) is 5.75 Å². The van der Waals surface area contributed by atoms with Gasteiger partial charge >= 0.3 is 0 Å². The molecular formula is C29H26FN3O4S. The smallest absolute Gasteiger partial charge is 0.283 e. The number of anilines is 3. The van der Waals surface area contributed by atoms with E-state index in [1.807, 2.05) is 6.07 Å². The number of nitrogens with one attached hydrogen (secondary N) is 2. The molecule has 0 radical (unpaired) electrons. The third kappa shape index (κ3) is 5.43. The Morgan fingerprint density at radius 1 is 0.947 bits per heavy atom. The summed E-state index contributed by atoms with van der Waals surface area (Å²) in [6.07, 6.45) is 3.91. The minimum atomic E-state index is -0.530. The highest BCUT2D eigenvalue weighted by Crippen LogP contribution is 2.39. The van der Waals surface area contributed by atoms with Crippen molar-refractivity contribution in [3.63, 3.8) is 0 Å². The molecule has 5 rings (SSSR count). The fourth-order valence-corrected chi connectivity index (χ4v) is 5.53. The Morgan fingerprint density at radius 2 is 1.66 bits per heavy atom. The molecule has 0 atom stereocenters. The van der Waals surface area contributed by atoms with Crippen molar-refractivity contribution >= 4 is 46.5 Å². The van der Waals surface area contributed by atoms with Crippen molar-refractivity contribution in [3.05, 3.63) is 89.2 Å². The van der Waals surface area contributed by atoms with E-state index in [2.05, 4.69) is 10.6 Å². The standard InChI is InChI=1S/C29H26FN3O4S/c1-37-23-15-13-22(14-16-23)33-28(35)25(31-20-11-9-19(30)10-12-20)26(29(33)36)38-24-8-4-7-21(17-24)32-27(34)18-5-2-3-6-18/h4,7-18,31H,2-3,5-6H2,1H3,(H,32,34). The van der Waals surface area contributed by atoms with Gasteiger partial charge in [0.15, 0.2) is 0 Å². The zero-order chi connectivity index (χ0) is 26.6. The van der Waals surface area contributed by atoms with Crippen molar-refractivity contribution in [2.75, 3.05) is 22.6 Å². The Morgan fingerprint density at radius 3 is 2.34 bits per heavy atom. The Bertz CT molecular complexity index is 1400. The number of hydrogen-bond acceptors (Lipinski definition) is 6. The molecule has 3 aromatic rings. The largest absolute Gasteiger partial charge is 0.497 e. The van der Waals surface area contributed by atoms with Crippen molar-refractivity contribution in [2.45, 2.75) is 30.6 Å². The maximum absolute atomic E-state index is 13.6. The molecular weight excluding hydrogens is 505 g/mol. The molecule has 38 heavy (non-hydrogen) atoms. The van der Waals surface area contributed by atoms with Crippen molar-refractivity contribution in [1.82, 2.24) is 0 Å². The van der Waals surface area contributed by atoms with E-state index in [4.69, 9.17) is 4.74 Å². The van der Waals surface area contributed by atoms with Crippen LogP contribution in [0.15, 0.2) is 88.3 Å². The number of rotatable bonds is 8. The lowest BCUT2D eigenvalue weighted by molar-refractivity contribution is -0.121. The zero-order valence-corrected chi connectivity index (χ0v) is 21.5. The molecule has 1 aliphatic carbocycles. The maximum Gasteiger partial charge on any atom is 0.283 e. The van der Waals surface area contributed by atoms with Gasteiger partial charge in [0.2, 0.25) is 5.91 Å².